The Morgan fingerprint density at radius 2 is 1.72 bits per heavy atom. The van der Waals surface area contributed by atoms with Crippen LogP contribution >= 0.6 is 0 Å². The summed E-state index contributed by atoms with van der Waals surface area (Å²) >= 11 is 0. The molecule has 0 heterocycles. The number of nitrogens with one attached hydrogen (secondary N) is 1. The molecule has 1 aliphatic rings. The highest BCUT2D eigenvalue weighted by atomic mass is 16.2. The lowest BCUT2D eigenvalue weighted by Gasteiger charge is -2.44. The van der Waals surface area contributed by atoms with E-state index in [4.69, 9.17) is 11.5 Å². The molecule has 29 heavy (non-hydrogen) atoms. The van der Waals surface area contributed by atoms with Gasteiger partial charge in [0.05, 0.1) is 12.1 Å². The van der Waals surface area contributed by atoms with Gasteiger partial charge in [0.25, 0.3) is 0 Å². The summed E-state index contributed by atoms with van der Waals surface area (Å²) in [6.45, 7) is 0.576. The second-order valence-corrected chi connectivity index (χ2v) is 7.89. The van der Waals surface area contributed by atoms with Gasteiger partial charge in [0.15, 0.2) is 11.6 Å². The zero-order valence-corrected chi connectivity index (χ0v) is 17.1. The fraction of sp³-hybridized carbons (Fsp3) is 0.417. The summed E-state index contributed by atoms with van der Waals surface area (Å²) in [6, 6.07) is 16.5. The SMILES string of the molecule is CNC(Cc1ccccc1)C(=O)C1(C(=O)C(N)CCCCN)Cc2ccccc21. The zero-order chi connectivity index (χ0) is 20.9. The van der Waals surface area contributed by atoms with Crippen molar-refractivity contribution in [2.75, 3.05) is 13.6 Å². The standard InChI is InChI=1S/C24H31N3O2/c1-27-21(15-17-9-3-2-4-10-17)23(29)24(16-18-11-5-6-12-19(18)24)22(28)20(26)13-7-8-14-25/h2-6,9-12,20-21,27H,7-8,13-16,25-26H2,1H3. The van der Waals surface area contributed by atoms with Crippen LogP contribution in [0.15, 0.2) is 54.6 Å². The Kier molecular flexibility index (Phi) is 6.96. The second kappa shape index (κ2) is 9.44. The van der Waals surface area contributed by atoms with Gasteiger partial charge in [-0.2, -0.15) is 0 Å². The van der Waals surface area contributed by atoms with Gasteiger partial charge in [-0.25, -0.2) is 0 Å². The average Bonchev–Trinajstić information content (AvgIpc) is 2.73. The first-order valence-electron chi connectivity index (χ1n) is 10.4. The molecule has 5 N–H and O–H groups in total. The Morgan fingerprint density at radius 1 is 1.03 bits per heavy atom. The van der Waals surface area contributed by atoms with Gasteiger partial charge in [-0.3, -0.25) is 9.59 Å². The summed E-state index contributed by atoms with van der Waals surface area (Å²) in [5, 5.41) is 3.14. The van der Waals surface area contributed by atoms with Crippen molar-refractivity contribution in [2.45, 2.75) is 49.6 Å². The third kappa shape index (κ3) is 4.17. The number of carbonyl (C=O) groups is 2. The number of nitrogens with two attached hydrogens (primary N) is 2. The molecule has 3 rings (SSSR count). The van der Waals surface area contributed by atoms with Crippen molar-refractivity contribution in [3.05, 3.63) is 71.3 Å². The molecule has 1 aliphatic carbocycles. The van der Waals surface area contributed by atoms with Gasteiger partial charge in [-0.05, 0) is 56.0 Å². The van der Waals surface area contributed by atoms with Crippen LogP contribution in [-0.2, 0) is 27.8 Å². The van der Waals surface area contributed by atoms with Crippen LogP contribution < -0.4 is 16.8 Å². The smallest absolute Gasteiger partial charge is 0.168 e. The van der Waals surface area contributed by atoms with Gasteiger partial charge in [0, 0.05) is 0 Å². The number of ketones is 2. The van der Waals surface area contributed by atoms with Crippen molar-refractivity contribution in [1.29, 1.82) is 0 Å². The van der Waals surface area contributed by atoms with Crippen molar-refractivity contribution >= 4 is 11.6 Å². The van der Waals surface area contributed by atoms with Gasteiger partial charge >= 0.3 is 0 Å². The molecule has 0 aliphatic heterocycles. The Hall–Kier alpha value is -2.34. The van der Waals surface area contributed by atoms with Gasteiger partial charge in [-0.15, -0.1) is 0 Å². The number of benzene rings is 2. The van der Waals surface area contributed by atoms with Crippen LogP contribution in [0.25, 0.3) is 0 Å². The predicted octanol–water partition coefficient (Wildman–Crippen LogP) is 1.91. The summed E-state index contributed by atoms with van der Waals surface area (Å²) in [6.07, 6.45) is 3.13. The lowest BCUT2D eigenvalue weighted by molar-refractivity contribution is -0.138. The molecule has 154 valence electrons. The van der Waals surface area contributed by atoms with E-state index in [0.29, 0.717) is 25.8 Å². The molecule has 0 amide bonds. The van der Waals surface area contributed by atoms with Gasteiger partial charge < -0.3 is 16.8 Å². The molecule has 3 unspecified atom stereocenters. The van der Waals surface area contributed by atoms with Crippen LogP contribution in [0.1, 0.15) is 36.0 Å². The maximum absolute atomic E-state index is 13.8. The molecule has 0 aromatic heterocycles. The number of rotatable bonds is 11. The Labute approximate surface area is 172 Å². The van der Waals surface area contributed by atoms with E-state index in [-0.39, 0.29) is 11.6 Å². The van der Waals surface area contributed by atoms with Crippen molar-refractivity contribution in [3.8, 4) is 0 Å². The summed E-state index contributed by atoms with van der Waals surface area (Å²) in [5.41, 5.74) is 13.6. The van der Waals surface area contributed by atoms with Crippen LogP contribution in [-0.4, -0.2) is 37.2 Å². The summed E-state index contributed by atoms with van der Waals surface area (Å²) in [5.74, 6) is -0.242. The molecule has 0 radical (unpaired) electrons. The van der Waals surface area contributed by atoms with Crippen molar-refractivity contribution in [1.82, 2.24) is 5.32 Å². The molecule has 5 nitrogen and oxygen atoms in total. The normalized spacial score (nSPS) is 19.7. The first-order chi connectivity index (χ1) is 14.0. The molecule has 3 atom stereocenters. The number of hydrogen-bond donors (Lipinski definition) is 3. The molecular weight excluding hydrogens is 362 g/mol. The highest BCUT2D eigenvalue weighted by molar-refractivity contribution is 6.18. The fourth-order valence-electron chi connectivity index (χ4n) is 4.36. The number of unbranched alkanes of at least 4 members (excludes halogenated alkanes) is 1. The topological polar surface area (TPSA) is 98.2 Å². The largest absolute Gasteiger partial charge is 0.330 e. The van der Waals surface area contributed by atoms with E-state index in [9.17, 15) is 9.59 Å². The van der Waals surface area contributed by atoms with E-state index in [0.717, 1.165) is 29.5 Å². The highest BCUT2D eigenvalue weighted by Gasteiger charge is 2.56. The number of fused-ring (bicyclic) bond motifs is 1. The third-order valence-electron chi connectivity index (χ3n) is 6.03. The first kappa shape index (κ1) is 21.4. The van der Waals surface area contributed by atoms with E-state index in [1.165, 1.54) is 0 Å². The molecule has 5 heteroatoms. The van der Waals surface area contributed by atoms with E-state index in [2.05, 4.69) is 5.32 Å². The van der Waals surface area contributed by atoms with Crippen LogP contribution in [0.2, 0.25) is 0 Å². The summed E-state index contributed by atoms with van der Waals surface area (Å²) < 4.78 is 0. The molecule has 0 saturated heterocycles. The molecule has 0 fully saturated rings. The number of Topliss-reactive ketones (excluding diaryl/α,β-unsaturated/α-hetero) is 2. The first-order valence-corrected chi connectivity index (χ1v) is 10.4. The van der Waals surface area contributed by atoms with Crippen LogP contribution in [0.5, 0.6) is 0 Å². The van der Waals surface area contributed by atoms with Crippen LogP contribution in [0, 0.1) is 0 Å². The fourth-order valence-corrected chi connectivity index (χ4v) is 4.36. The number of likely N-dealkylation sites (N-methyl/N-ethyl adjacent to an activating group) is 1. The van der Waals surface area contributed by atoms with Gasteiger partial charge in [0.2, 0.25) is 0 Å². The van der Waals surface area contributed by atoms with E-state index in [1.807, 2.05) is 54.6 Å². The lowest BCUT2D eigenvalue weighted by Crippen LogP contribution is -2.62. The summed E-state index contributed by atoms with van der Waals surface area (Å²) in [7, 11) is 1.77. The minimum absolute atomic E-state index is 0.0816. The molecular formula is C24H31N3O2. The number of carbonyl (C=O) groups excluding carboxylic acids is 2. The van der Waals surface area contributed by atoms with Crippen LogP contribution in [0.4, 0.5) is 0 Å². The Bertz CT molecular complexity index is 852. The van der Waals surface area contributed by atoms with Crippen LogP contribution in [0.3, 0.4) is 0 Å². The van der Waals surface area contributed by atoms with Crippen molar-refractivity contribution in [3.63, 3.8) is 0 Å². The van der Waals surface area contributed by atoms with Gasteiger partial charge in [0.1, 0.15) is 5.41 Å². The maximum atomic E-state index is 13.8. The highest BCUT2D eigenvalue weighted by Crippen LogP contribution is 2.44. The molecule has 0 saturated carbocycles. The molecule has 2 aromatic rings. The zero-order valence-electron chi connectivity index (χ0n) is 17.1. The number of hydrogen-bond acceptors (Lipinski definition) is 5. The maximum Gasteiger partial charge on any atom is 0.168 e. The minimum atomic E-state index is -1.15. The Morgan fingerprint density at radius 3 is 2.38 bits per heavy atom. The summed E-state index contributed by atoms with van der Waals surface area (Å²) in [4.78, 5) is 27.3. The lowest BCUT2D eigenvalue weighted by atomic mass is 9.56. The predicted molar refractivity (Wildman–Crippen MR) is 116 cm³/mol. The second-order valence-electron chi connectivity index (χ2n) is 7.89. The third-order valence-corrected chi connectivity index (χ3v) is 6.03. The average molecular weight is 394 g/mol. The van der Waals surface area contributed by atoms with E-state index >= 15 is 0 Å². The monoisotopic (exact) mass is 393 g/mol. The minimum Gasteiger partial charge on any atom is -0.330 e. The van der Waals surface area contributed by atoms with Crippen molar-refractivity contribution < 1.29 is 9.59 Å². The molecule has 0 bridgehead atoms. The van der Waals surface area contributed by atoms with E-state index < -0.39 is 17.5 Å². The molecule has 2 aromatic carbocycles. The van der Waals surface area contributed by atoms with Crippen molar-refractivity contribution in [2.24, 2.45) is 11.5 Å². The van der Waals surface area contributed by atoms with Gasteiger partial charge in [-0.1, -0.05) is 61.0 Å². The Balaban J connectivity index is 1.90. The quantitative estimate of drug-likeness (QED) is 0.400. The molecule has 0 spiro atoms. The van der Waals surface area contributed by atoms with E-state index in [1.54, 1.807) is 7.05 Å².